The molecule has 3 N–H and O–H groups in total. The molecule has 0 unspecified atom stereocenters. The third kappa shape index (κ3) is 5.36. The summed E-state index contributed by atoms with van der Waals surface area (Å²) in [5.41, 5.74) is 8.94. The minimum Gasteiger partial charge on any atom is -0.504 e. The Morgan fingerprint density at radius 2 is 2.00 bits per heavy atom. The molecule has 0 aliphatic carbocycles. The van der Waals surface area contributed by atoms with Crippen molar-refractivity contribution in [2.75, 3.05) is 14.2 Å². The molecule has 0 saturated carbocycles. The zero-order valence-corrected chi connectivity index (χ0v) is 16.7. The SMILES string of the molecule is COc1cc(CN(C)C(=O)[C@@H](N)Cc2cn(Cc3ccccc3)cn2)ccc1O. The quantitative estimate of drug-likeness (QED) is 0.611. The number of nitrogens with two attached hydrogens (primary N) is 1. The first-order valence-corrected chi connectivity index (χ1v) is 9.37. The smallest absolute Gasteiger partial charge is 0.239 e. The summed E-state index contributed by atoms with van der Waals surface area (Å²) in [5, 5.41) is 9.69. The van der Waals surface area contributed by atoms with Crippen molar-refractivity contribution in [2.45, 2.75) is 25.6 Å². The van der Waals surface area contributed by atoms with E-state index in [0.29, 0.717) is 18.7 Å². The Balaban J connectivity index is 1.57. The number of nitrogens with zero attached hydrogens (tertiary/aromatic N) is 3. The van der Waals surface area contributed by atoms with Crippen LogP contribution in [-0.2, 0) is 24.3 Å². The van der Waals surface area contributed by atoms with Crippen molar-refractivity contribution < 1.29 is 14.6 Å². The summed E-state index contributed by atoms with van der Waals surface area (Å²) < 4.78 is 7.09. The van der Waals surface area contributed by atoms with Gasteiger partial charge in [-0.25, -0.2) is 4.98 Å². The van der Waals surface area contributed by atoms with Gasteiger partial charge in [0.2, 0.25) is 5.91 Å². The number of phenols is 1. The molecule has 0 spiro atoms. The number of imidazole rings is 1. The summed E-state index contributed by atoms with van der Waals surface area (Å²) in [4.78, 5) is 18.6. The number of phenolic OH excluding ortho intramolecular Hbond substituents is 1. The summed E-state index contributed by atoms with van der Waals surface area (Å²) in [6.45, 7) is 1.09. The predicted octanol–water partition coefficient (Wildman–Crippen LogP) is 2.17. The van der Waals surface area contributed by atoms with E-state index < -0.39 is 6.04 Å². The molecule has 7 nitrogen and oxygen atoms in total. The number of likely N-dealkylation sites (N-methyl/N-ethyl adjacent to an activating group) is 1. The fourth-order valence-corrected chi connectivity index (χ4v) is 3.16. The van der Waals surface area contributed by atoms with Crippen LogP contribution in [0, 0.1) is 0 Å². The first-order chi connectivity index (χ1) is 14.0. The largest absolute Gasteiger partial charge is 0.504 e. The molecule has 1 heterocycles. The van der Waals surface area contributed by atoms with Gasteiger partial charge in [0.1, 0.15) is 0 Å². The van der Waals surface area contributed by atoms with Crippen molar-refractivity contribution in [3.63, 3.8) is 0 Å². The third-order valence-corrected chi connectivity index (χ3v) is 4.68. The number of carbonyl (C=O) groups is 1. The van der Waals surface area contributed by atoms with Gasteiger partial charge in [0.25, 0.3) is 0 Å². The number of hydrogen-bond acceptors (Lipinski definition) is 5. The van der Waals surface area contributed by atoms with Gasteiger partial charge < -0.3 is 25.0 Å². The lowest BCUT2D eigenvalue weighted by atomic mass is 10.1. The van der Waals surface area contributed by atoms with Crippen LogP contribution in [0.3, 0.4) is 0 Å². The summed E-state index contributed by atoms with van der Waals surface area (Å²) >= 11 is 0. The van der Waals surface area contributed by atoms with Gasteiger partial charge in [0.15, 0.2) is 11.5 Å². The zero-order valence-electron chi connectivity index (χ0n) is 16.7. The minimum absolute atomic E-state index is 0.0630. The van der Waals surface area contributed by atoms with E-state index >= 15 is 0 Å². The summed E-state index contributed by atoms with van der Waals surface area (Å²) in [6.07, 6.45) is 4.04. The predicted molar refractivity (Wildman–Crippen MR) is 111 cm³/mol. The third-order valence-electron chi connectivity index (χ3n) is 4.68. The lowest BCUT2D eigenvalue weighted by molar-refractivity contribution is -0.131. The highest BCUT2D eigenvalue weighted by molar-refractivity contribution is 5.81. The Labute approximate surface area is 170 Å². The Hall–Kier alpha value is -3.32. The molecule has 1 amide bonds. The van der Waals surface area contributed by atoms with E-state index in [1.54, 1.807) is 36.5 Å². The highest BCUT2D eigenvalue weighted by Gasteiger charge is 2.20. The normalized spacial score (nSPS) is 11.8. The molecule has 3 aromatic rings. The molecular formula is C22H26N4O3. The van der Waals surface area contributed by atoms with E-state index in [9.17, 15) is 9.90 Å². The average molecular weight is 394 g/mol. The molecule has 2 aromatic carbocycles. The number of ether oxygens (including phenoxy) is 1. The van der Waals surface area contributed by atoms with Crippen molar-refractivity contribution in [1.29, 1.82) is 0 Å². The fraction of sp³-hybridized carbons (Fsp3) is 0.273. The van der Waals surface area contributed by atoms with Gasteiger partial charge in [0, 0.05) is 32.8 Å². The lowest BCUT2D eigenvalue weighted by Crippen LogP contribution is -2.42. The van der Waals surface area contributed by atoms with Gasteiger partial charge in [-0.05, 0) is 23.3 Å². The van der Waals surface area contributed by atoms with Crippen LogP contribution in [0.4, 0.5) is 0 Å². The Bertz CT molecular complexity index is 956. The van der Waals surface area contributed by atoms with Crippen molar-refractivity contribution in [1.82, 2.24) is 14.5 Å². The topological polar surface area (TPSA) is 93.6 Å². The van der Waals surface area contributed by atoms with Crippen LogP contribution in [0.1, 0.15) is 16.8 Å². The number of methoxy groups -OCH3 is 1. The van der Waals surface area contributed by atoms with Crippen LogP contribution in [0.25, 0.3) is 0 Å². The first-order valence-electron chi connectivity index (χ1n) is 9.37. The first kappa shape index (κ1) is 20.4. The summed E-state index contributed by atoms with van der Waals surface area (Å²) in [6, 6.07) is 14.4. The van der Waals surface area contributed by atoms with E-state index in [4.69, 9.17) is 10.5 Å². The van der Waals surface area contributed by atoms with Crippen molar-refractivity contribution in [3.05, 3.63) is 77.9 Å². The lowest BCUT2D eigenvalue weighted by Gasteiger charge is -2.21. The molecule has 0 aliphatic rings. The van der Waals surface area contributed by atoms with Gasteiger partial charge in [-0.15, -0.1) is 0 Å². The van der Waals surface area contributed by atoms with Crippen LogP contribution in [0.5, 0.6) is 11.5 Å². The maximum absolute atomic E-state index is 12.7. The van der Waals surface area contributed by atoms with Crippen LogP contribution in [0.2, 0.25) is 0 Å². The maximum Gasteiger partial charge on any atom is 0.239 e. The summed E-state index contributed by atoms with van der Waals surface area (Å²) in [7, 11) is 3.19. The Morgan fingerprint density at radius 3 is 2.72 bits per heavy atom. The molecule has 0 radical (unpaired) electrons. The molecule has 1 atom stereocenters. The van der Waals surface area contributed by atoms with Gasteiger partial charge in [-0.3, -0.25) is 4.79 Å². The van der Waals surface area contributed by atoms with Gasteiger partial charge in [-0.1, -0.05) is 36.4 Å². The van der Waals surface area contributed by atoms with Crippen molar-refractivity contribution >= 4 is 5.91 Å². The van der Waals surface area contributed by atoms with Crippen molar-refractivity contribution in [3.8, 4) is 11.5 Å². The van der Waals surface area contributed by atoms with Gasteiger partial charge in [0.05, 0.1) is 25.2 Å². The van der Waals surface area contributed by atoms with Crippen LogP contribution < -0.4 is 10.5 Å². The Morgan fingerprint density at radius 1 is 1.24 bits per heavy atom. The second kappa shape index (κ2) is 9.25. The zero-order chi connectivity index (χ0) is 20.8. The van der Waals surface area contributed by atoms with E-state index in [-0.39, 0.29) is 11.7 Å². The van der Waals surface area contributed by atoms with Crippen molar-refractivity contribution in [2.24, 2.45) is 5.73 Å². The van der Waals surface area contributed by atoms with E-state index in [2.05, 4.69) is 17.1 Å². The average Bonchev–Trinajstić information content (AvgIpc) is 3.16. The molecule has 0 saturated heterocycles. The molecule has 29 heavy (non-hydrogen) atoms. The molecule has 3 rings (SSSR count). The highest BCUT2D eigenvalue weighted by Crippen LogP contribution is 2.26. The molecule has 1 aromatic heterocycles. The van der Waals surface area contributed by atoms with Gasteiger partial charge in [-0.2, -0.15) is 0 Å². The fourth-order valence-electron chi connectivity index (χ4n) is 3.16. The van der Waals surface area contributed by atoms with Crippen LogP contribution in [-0.4, -0.2) is 45.7 Å². The molecule has 0 fully saturated rings. The summed E-state index contributed by atoms with van der Waals surface area (Å²) in [5.74, 6) is 0.263. The molecule has 0 bridgehead atoms. The minimum atomic E-state index is -0.681. The highest BCUT2D eigenvalue weighted by atomic mass is 16.5. The molecule has 152 valence electrons. The monoisotopic (exact) mass is 394 g/mol. The number of aromatic nitrogens is 2. The number of rotatable bonds is 8. The second-order valence-corrected chi connectivity index (χ2v) is 7.03. The Kier molecular flexibility index (Phi) is 6.51. The molecule has 7 heteroatoms. The van der Waals surface area contributed by atoms with E-state index in [1.165, 1.54) is 12.7 Å². The number of hydrogen-bond donors (Lipinski definition) is 2. The van der Waals surface area contributed by atoms with Crippen LogP contribution in [0.15, 0.2) is 61.1 Å². The number of aromatic hydroxyl groups is 1. The van der Waals surface area contributed by atoms with Crippen LogP contribution >= 0.6 is 0 Å². The van der Waals surface area contributed by atoms with E-state index in [1.807, 2.05) is 29.0 Å². The van der Waals surface area contributed by atoms with E-state index in [0.717, 1.165) is 17.8 Å². The van der Waals surface area contributed by atoms with Gasteiger partial charge >= 0.3 is 0 Å². The molecular weight excluding hydrogens is 368 g/mol. The standard InChI is InChI=1S/C22H26N4O3/c1-25(12-17-8-9-20(27)21(10-17)29-2)22(28)19(23)11-18-14-26(15-24-18)13-16-6-4-3-5-7-16/h3-10,14-15,19,27H,11-13,23H2,1-2H3/t19-/m0/s1. The molecule has 0 aliphatic heterocycles. The maximum atomic E-state index is 12.7. The number of amides is 1. The number of carbonyl (C=O) groups excluding carboxylic acids is 1. The number of benzene rings is 2. The second-order valence-electron chi connectivity index (χ2n) is 7.03.